The fraction of sp³-hybridized carbons (Fsp3) is 0.211. The molecule has 4 rings (SSSR count). The molecule has 0 atom stereocenters. The Morgan fingerprint density at radius 2 is 1.86 bits per heavy atom. The van der Waals surface area contributed by atoms with Crippen molar-refractivity contribution in [3.63, 3.8) is 0 Å². The van der Waals surface area contributed by atoms with Crippen LogP contribution in [-0.4, -0.2) is 30.1 Å². The quantitative estimate of drug-likeness (QED) is 0.445. The van der Waals surface area contributed by atoms with Gasteiger partial charge in [0.1, 0.15) is 12.7 Å². The third kappa shape index (κ3) is 4.04. The van der Waals surface area contributed by atoms with E-state index in [1.165, 1.54) is 24.2 Å². The van der Waals surface area contributed by atoms with Crippen molar-refractivity contribution in [2.24, 2.45) is 0 Å². The molecule has 0 amide bonds. The number of halogens is 3. The largest absolute Gasteiger partial charge is 0.416 e. The predicted octanol–water partition coefficient (Wildman–Crippen LogP) is 4.49. The molecule has 0 N–H and O–H groups in total. The SMILES string of the molecule is FC(F)(F)c1ccc2c(c1)nc(SCCn1cncn1)n2Cc1ccccc1. The molecule has 2 aromatic heterocycles. The Kier molecular flexibility index (Phi) is 5.08. The zero-order valence-electron chi connectivity index (χ0n) is 14.7. The lowest BCUT2D eigenvalue weighted by molar-refractivity contribution is -0.137. The van der Waals surface area contributed by atoms with Gasteiger partial charge in [0.25, 0.3) is 0 Å². The molecule has 5 nitrogen and oxygen atoms in total. The van der Waals surface area contributed by atoms with Crippen LogP contribution in [0.5, 0.6) is 0 Å². The Morgan fingerprint density at radius 3 is 2.57 bits per heavy atom. The summed E-state index contributed by atoms with van der Waals surface area (Å²) in [5, 5.41) is 4.74. The smallest absolute Gasteiger partial charge is 0.314 e. The average Bonchev–Trinajstić information content (AvgIpc) is 3.30. The zero-order valence-corrected chi connectivity index (χ0v) is 15.5. The molecule has 0 aliphatic rings. The number of alkyl halides is 3. The summed E-state index contributed by atoms with van der Waals surface area (Å²) in [5.41, 5.74) is 1.39. The van der Waals surface area contributed by atoms with Gasteiger partial charge in [-0.25, -0.2) is 9.97 Å². The number of rotatable bonds is 6. The molecule has 4 aromatic rings. The molecule has 2 aromatic carbocycles. The predicted molar refractivity (Wildman–Crippen MR) is 101 cm³/mol. The first kappa shape index (κ1) is 18.5. The topological polar surface area (TPSA) is 48.5 Å². The lowest BCUT2D eigenvalue weighted by Gasteiger charge is -2.10. The van der Waals surface area contributed by atoms with E-state index in [9.17, 15) is 13.2 Å². The van der Waals surface area contributed by atoms with Gasteiger partial charge in [0.2, 0.25) is 0 Å². The van der Waals surface area contributed by atoms with E-state index < -0.39 is 11.7 Å². The minimum atomic E-state index is -4.39. The first-order valence-corrected chi connectivity index (χ1v) is 9.56. The molecule has 0 fully saturated rings. The van der Waals surface area contributed by atoms with E-state index in [-0.39, 0.29) is 0 Å². The molecule has 28 heavy (non-hydrogen) atoms. The second kappa shape index (κ2) is 7.67. The summed E-state index contributed by atoms with van der Waals surface area (Å²) < 4.78 is 42.9. The highest BCUT2D eigenvalue weighted by molar-refractivity contribution is 7.99. The average molecular weight is 403 g/mol. The van der Waals surface area contributed by atoms with Crippen LogP contribution in [0.25, 0.3) is 11.0 Å². The van der Waals surface area contributed by atoms with Gasteiger partial charge in [0.15, 0.2) is 5.16 Å². The Labute approximate surface area is 163 Å². The van der Waals surface area contributed by atoms with Crippen molar-refractivity contribution in [2.45, 2.75) is 24.4 Å². The standard InChI is InChI=1S/C19H16F3N5S/c20-19(21,22)15-6-7-17-16(10-15)25-18(28-9-8-26-13-23-12-24-26)27(17)11-14-4-2-1-3-5-14/h1-7,10,12-13H,8-9,11H2. The number of hydrogen-bond acceptors (Lipinski definition) is 4. The summed E-state index contributed by atoms with van der Waals surface area (Å²) in [6.07, 6.45) is -1.30. The summed E-state index contributed by atoms with van der Waals surface area (Å²) in [6.45, 7) is 1.17. The van der Waals surface area contributed by atoms with E-state index in [0.717, 1.165) is 17.7 Å². The third-order valence-electron chi connectivity index (χ3n) is 4.24. The number of aryl methyl sites for hydroxylation is 1. The molecule has 0 bridgehead atoms. The number of aromatic nitrogens is 5. The minimum Gasteiger partial charge on any atom is -0.314 e. The molecule has 0 saturated carbocycles. The Bertz CT molecular complexity index is 1060. The first-order valence-electron chi connectivity index (χ1n) is 8.57. The maximum absolute atomic E-state index is 13.1. The van der Waals surface area contributed by atoms with Gasteiger partial charge in [-0.2, -0.15) is 18.3 Å². The maximum atomic E-state index is 13.1. The van der Waals surface area contributed by atoms with Gasteiger partial charge >= 0.3 is 6.18 Å². The summed E-state index contributed by atoms with van der Waals surface area (Å²) in [4.78, 5) is 8.39. The van der Waals surface area contributed by atoms with Gasteiger partial charge in [-0.3, -0.25) is 4.68 Å². The number of hydrogen-bond donors (Lipinski definition) is 0. The fourth-order valence-electron chi connectivity index (χ4n) is 2.89. The summed E-state index contributed by atoms with van der Waals surface area (Å²) in [5.74, 6) is 0.674. The molecule has 0 aliphatic heterocycles. The summed E-state index contributed by atoms with van der Waals surface area (Å²) in [6, 6.07) is 13.5. The monoisotopic (exact) mass is 403 g/mol. The van der Waals surface area contributed by atoms with E-state index in [0.29, 0.717) is 35.0 Å². The van der Waals surface area contributed by atoms with Gasteiger partial charge in [-0.1, -0.05) is 42.1 Å². The van der Waals surface area contributed by atoms with E-state index in [4.69, 9.17) is 0 Å². The maximum Gasteiger partial charge on any atom is 0.416 e. The molecular formula is C19H16F3N5S. The lowest BCUT2D eigenvalue weighted by Crippen LogP contribution is -2.05. The van der Waals surface area contributed by atoms with Crippen LogP contribution in [0.1, 0.15) is 11.1 Å². The Balaban J connectivity index is 1.67. The van der Waals surface area contributed by atoms with Crippen LogP contribution >= 0.6 is 11.8 Å². The third-order valence-corrected chi connectivity index (χ3v) is 5.20. The molecule has 0 saturated heterocycles. The molecule has 0 radical (unpaired) electrons. The summed E-state index contributed by atoms with van der Waals surface area (Å²) in [7, 11) is 0. The molecule has 0 spiro atoms. The Morgan fingerprint density at radius 1 is 1.04 bits per heavy atom. The second-order valence-electron chi connectivity index (χ2n) is 6.17. The molecule has 0 aliphatic carbocycles. The van der Waals surface area contributed by atoms with Crippen LogP contribution in [0, 0.1) is 0 Å². The highest BCUT2D eigenvalue weighted by atomic mass is 32.2. The van der Waals surface area contributed by atoms with E-state index in [2.05, 4.69) is 15.1 Å². The molecule has 0 unspecified atom stereocenters. The van der Waals surface area contributed by atoms with Crippen LogP contribution in [0.3, 0.4) is 0 Å². The number of benzene rings is 2. The van der Waals surface area contributed by atoms with Gasteiger partial charge in [-0.05, 0) is 23.8 Å². The number of imidazole rings is 1. The van der Waals surface area contributed by atoms with E-state index in [1.54, 1.807) is 11.0 Å². The molecular weight excluding hydrogens is 387 g/mol. The van der Waals surface area contributed by atoms with Crippen LogP contribution in [0.15, 0.2) is 66.3 Å². The first-order chi connectivity index (χ1) is 13.5. The molecule has 9 heteroatoms. The van der Waals surface area contributed by atoms with Crippen molar-refractivity contribution >= 4 is 22.8 Å². The fourth-order valence-corrected chi connectivity index (χ4v) is 3.83. The van der Waals surface area contributed by atoms with Crippen LogP contribution in [-0.2, 0) is 19.3 Å². The molecule has 2 heterocycles. The van der Waals surface area contributed by atoms with Crippen molar-refractivity contribution in [1.29, 1.82) is 0 Å². The van der Waals surface area contributed by atoms with Crippen molar-refractivity contribution in [2.75, 3.05) is 5.75 Å². The lowest BCUT2D eigenvalue weighted by atomic mass is 10.2. The van der Waals surface area contributed by atoms with Gasteiger partial charge in [-0.15, -0.1) is 0 Å². The van der Waals surface area contributed by atoms with Crippen molar-refractivity contribution in [1.82, 2.24) is 24.3 Å². The minimum absolute atomic E-state index is 0.342. The normalized spacial score (nSPS) is 12.0. The van der Waals surface area contributed by atoms with Crippen molar-refractivity contribution < 1.29 is 13.2 Å². The number of thioether (sulfide) groups is 1. The van der Waals surface area contributed by atoms with Crippen LogP contribution in [0.2, 0.25) is 0 Å². The van der Waals surface area contributed by atoms with Gasteiger partial charge in [0.05, 0.1) is 29.7 Å². The van der Waals surface area contributed by atoms with E-state index in [1.807, 2.05) is 34.9 Å². The van der Waals surface area contributed by atoms with Crippen LogP contribution < -0.4 is 0 Å². The van der Waals surface area contributed by atoms with Gasteiger partial charge in [0, 0.05) is 5.75 Å². The van der Waals surface area contributed by atoms with Crippen LogP contribution in [0.4, 0.5) is 13.2 Å². The van der Waals surface area contributed by atoms with E-state index >= 15 is 0 Å². The highest BCUT2D eigenvalue weighted by Gasteiger charge is 2.31. The van der Waals surface area contributed by atoms with Crippen molar-refractivity contribution in [3.8, 4) is 0 Å². The molecule has 144 valence electrons. The number of nitrogens with zero attached hydrogens (tertiary/aromatic N) is 5. The Hall–Kier alpha value is -2.81. The zero-order chi connectivity index (χ0) is 19.6. The number of fused-ring (bicyclic) bond motifs is 1. The highest BCUT2D eigenvalue weighted by Crippen LogP contribution is 2.33. The summed E-state index contributed by atoms with van der Waals surface area (Å²) >= 11 is 1.49. The second-order valence-corrected chi connectivity index (χ2v) is 7.24. The van der Waals surface area contributed by atoms with Crippen molar-refractivity contribution in [3.05, 3.63) is 72.3 Å². The van der Waals surface area contributed by atoms with Gasteiger partial charge < -0.3 is 4.57 Å².